The van der Waals surface area contributed by atoms with Gasteiger partial charge in [-0.2, -0.15) is 0 Å². The first kappa shape index (κ1) is 12.3. The predicted octanol–water partition coefficient (Wildman–Crippen LogP) is 4.71. The summed E-state index contributed by atoms with van der Waals surface area (Å²) in [5, 5.41) is 0. The average molecular weight is 204 g/mol. The van der Waals surface area contributed by atoms with Crippen LogP contribution in [0.5, 0.6) is 0 Å². The van der Waals surface area contributed by atoms with Crippen molar-refractivity contribution in [2.24, 2.45) is 5.92 Å². The van der Waals surface area contributed by atoms with Crippen molar-refractivity contribution in [2.45, 2.75) is 53.4 Å². The van der Waals surface area contributed by atoms with Gasteiger partial charge in [0.2, 0.25) is 0 Å². The molecule has 1 aromatic carbocycles. The average Bonchev–Trinajstić information content (AvgIpc) is 2.66. The molecular weight excluding hydrogens is 180 g/mol. The van der Waals surface area contributed by atoms with Crippen LogP contribution in [0.4, 0.5) is 0 Å². The van der Waals surface area contributed by atoms with E-state index < -0.39 is 0 Å². The molecule has 0 bridgehead atoms. The van der Waals surface area contributed by atoms with Gasteiger partial charge in [-0.3, -0.25) is 0 Å². The zero-order chi connectivity index (χ0) is 11.4. The molecule has 84 valence electrons. The number of aryl methyl sites for hydroxylation is 2. The molecule has 0 nitrogen and oxygen atoms in total. The third kappa shape index (κ3) is 2.42. The smallest absolute Gasteiger partial charge is 0.0130 e. The Morgan fingerprint density at radius 1 is 1.20 bits per heavy atom. The van der Waals surface area contributed by atoms with Crippen LogP contribution in [0.25, 0.3) is 0 Å². The summed E-state index contributed by atoms with van der Waals surface area (Å²) in [6.07, 6.45) is 2.65. The van der Waals surface area contributed by atoms with Gasteiger partial charge < -0.3 is 0 Å². The van der Waals surface area contributed by atoms with Crippen LogP contribution >= 0.6 is 0 Å². The fourth-order valence-corrected chi connectivity index (χ4v) is 2.61. The van der Waals surface area contributed by atoms with E-state index in [1.165, 1.54) is 18.4 Å². The van der Waals surface area contributed by atoms with Crippen molar-refractivity contribution in [3.63, 3.8) is 0 Å². The second kappa shape index (κ2) is 5.34. The van der Waals surface area contributed by atoms with Crippen molar-refractivity contribution in [2.75, 3.05) is 0 Å². The fraction of sp³-hybridized carbons (Fsp3) is 0.600. The summed E-state index contributed by atoms with van der Waals surface area (Å²) in [6, 6.07) is 6.74. The van der Waals surface area contributed by atoms with Gasteiger partial charge >= 0.3 is 0 Å². The Morgan fingerprint density at radius 2 is 1.87 bits per heavy atom. The monoisotopic (exact) mass is 204 g/mol. The van der Waals surface area contributed by atoms with Crippen LogP contribution in [0.1, 0.15) is 56.7 Å². The SMILES string of the molecule is CC.Cc1cccc2c1C(C(C)C)CC2. The Morgan fingerprint density at radius 3 is 2.47 bits per heavy atom. The molecule has 2 rings (SSSR count). The van der Waals surface area contributed by atoms with E-state index in [0.29, 0.717) is 0 Å². The van der Waals surface area contributed by atoms with Crippen molar-refractivity contribution < 1.29 is 0 Å². The third-order valence-corrected chi connectivity index (χ3v) is 3.31. The van der Waals surface area contributed by atoms with Crippen LogP contribution in [-0.4, -0.2) is 0 Å². The minimum atomic E-state index is 0.794. The molecule has 0 fully saturated rings. The summed E-state index contributed by atoms with van der Waals surface area (Å²) in [5.41, 5.74) is 4.74. The first-order valence-electron chi connectivity index (χ1n) is 6.28. The first-order valence-corrected chi connectivity index (χ1v) is 6.28. The standard InChI is InChI=1S/C13H18.C2H6/c1-9(2)12-8-7-11-6-4-5-10(3)13(11)12;1-2/h4-6,9,12H,7-8H2,1-3H3;1-2H3. The van der Waals surface area contributed by atoms with Gasteiger partial charge in [0.05, 0.1) is 0 Å². The van der Waals surface area contributed by atoms with E-state index in [4.69, 9.17) is 0 Å². The number of hydrogen-bond acceptors (Lipinski definition) is 0. The maximum Gasteiger partial charge on any atom is -0.0130 e. The molecule has 1 unspecified atom stereocenters. The molecule has 0 spiro atoms. The summed E-state index contributed by atoms with van der Waals surface area (Å²) in [7, 11) is 0. The number of fused-ring (bicyclic) bond motifs is 1. The quantitative estimate of drug-likeness (QED) is 0.621. The third-order valence-electron chi connectivity index (χ3n) is 3.31. The molecule has 0 radical (unpaired) electrons. The maximum absolute atomic E-state index is 2.34. The fourth-order valence-electron chi connectivity index (χ4n) is 2.61. The van der Waals surface area contributed by atoms with Crippen LogP contribution in [0.3, 0.4) is 0 Å². The van der Waals surface area contributed by atoms with Crippen molar-refractivity contribution in [3.05, 3.63) is 34.9 Å². The predicted molar refractivity (Wildman–Crippen MR) is 68.4 cm³/mol. The van der Waals surface area contributed by atoms with Gasteiger partial charge in [-0.25, -0.2) is 0 Å². The highest BCUT2D eigenvalue weighted by atomic mass is 14.3. The minimum Gasteiger partial charge on any atom is -0.0683 e. The lowest BCUT2D eigenvalue weighted by Crippen LogP contribution is -2.03. The van der Waals surface area contributed by atoms with Gasteiger partial charge in [0, 0.05) is 0 Å². The zero-order valence-corrected chi connectivity index (χ0v) is 10.8. The Kier molecular flexibility index (Phi) is 4.38. The summed E-state index contributed by atoms with van der Waals surface area (Å²) in [5.74, 6) is 1.61. The van der Waals surface area contributed by atoms with Crippen LogP contribution in [-0.2, 0) is 6.42 Å². The van der Waals surface area contributed by atoms with E-state index in [-0.39, 0.29) is 0 Å². The Balaban J connectivity index is 0.000000531. The van der Waals surface area contributed by atoms with Crippen LogP contribution in [0.15, 0.2) is 18.2 Å². The summed E-state index contributed by atoms with van der Waals surface area (Å²) in [4.78, 5) is 0. The van der Waals surface area contributed by atoms with Gasteiger partial charge in [0.1, 0.15) is 0 Å². The molecule has 0 N–H and O–H groups in total. The van der Waals surface area contributed by atoms with E-state index >= 15 is 0 Å². The Labute approximate surface area is 94.7 Å². The second-order valence-corrected chi connectivity index (χ2v) is 4.54. The molecule has 0 aromatic heterocycles. The van der Waals surface area contributed by atoms with E-state index in [1.54, 1.807) is 11.1 Å². The van der Waals surface area contributed by atoms with Gasteiger partial charge in [0.25, 0.3) is 0 Å². The van der Waals surface area contributed by atoms with Crippen molar-refractivity contribution in [1.29, 1.82) is 0 Å². The van der Waals surface area contributed by atoms with Crippen molar-refractivity contribution >= 4 is 0 Å². The van der Waals surface area contributed by atoms with Gasteiger partial charge in [-0.15, -0.1) is 0 Å². The molecule has 0 aliphatic heterocycles. The second-order valence-electron chi connectivity index (χ2n) is 4.54. The van der Waals surface area contributed by atoms with E-state index in [2.05, 4.69) is 39.0 Å². The molecule has 0 saturated carbocycles. The Bertz CT molecular complexity index is 310. The minimum absolute atomic E-state index is 0.794. The number of rotatable bonds is 1. The molecule has 1 aliphatic rings. The highest BCUT2D eigenvalue weighted by Gasteiger charge is 2.25. The highest BCUT2D eigenvalue weighted by molar-refractivity contribution is 5.41. The van der Waals surface area contributed by atoms with E-state index in [9.17, 15) is 0 Å². The van der Waals surface area contributed by atoms with E-state index in [0.717, 1.165) is 11.8 Å². The first-order chi connectivity index (χ1) is 7.20. The lowest BCUT2D eigenvalue weighted by molar-refractivity contribution is 0.494. The lowest BCUT2D eigenvalue weighted by atomic mass is 9.88. The molecule has 0 amide bonds. The molecule has 1 aliphatic carbocycles. The lowest BCUT2D eigenvalue weighted by Gasteiger charge is -2.17. The molecule has 0 heterocycles. The molecule has 1 aromatic rings. The molecular formula is C15H24. The summed E-state index contributed by atoms with van der Waals surface area (Å²) < 4.78 is 0. The zero-order valence-electron chi connectivity index (χ0n) is 10.8. The molecule has 15 heavy (non-hydrogen) atoms. The van der Waals surface area contributed by atoms with E-state index in [1.807, 2.05) is 13.8 Å². The number of benzene rings is 1. The van der Waals surface area contributed by atoms with Crippen molar-refractivity contribution in [1.82, 2.24) is 0 Å². The van der Waals surface area contributed by atoms with Crippen LogP contribution in [0.2, 0.25) is 0 Å². The molecule has 0 saturated heterocycles. The topological polar surface area (TPSA) is 0 Å². The highest BCUT2D eigenvalue weighted by Crippen LogP contribution is 2.39. The number of hydrogen-bond donors (Lipinski definition) is 0. The van der Waals surface area contributed by atoms with Gasteiger partial charge in [-0.1, -0.05) is 45.9 Å². The summed E-state index contributed by atoms with van der Waals surface area (Å²) >= 11 is 0. The molecule has 0 heteroatoms. The molecule has 1 atom stereocenters. The largest absolute Gasteiger partial charge is 0.0683 e. The Hall–Kier alpha value is -0.780. The summed E-state index contributed by atoms with van der Waals surface area (Å²) in [6.45, 7) is 10.9. The van der Waals surface area contributed by atoms with Gasteiger partial charge in [-0.05, 0) is 48.3 Å². The van der Waals surface area contributed by atoms with Gasteiger partial charge in [0.15, 0.2) is 0 Å². The normalized spacial score (nSPS) is 18.4. The van der Waals surface area contributed by atoms with Crippen LogP contribution < -0.4 is 0 Å². The van der Waals surface area contributed by atoms with Crippen molar-refractivity contribution in [3.8, 4) is 0 Å². The van der Waals surface area contributed by atoms with Crippen LogP contribution in [0, 0.1) is 12.8 Å². The maximum atomic E-state index is 2.34.